The van der Waals surface area contributed by atoms with Crippen molar-refractivity contribution in [3.8, 4) is 0 Å². The summed E-state index contributed by atoms with van der Waals surface area (Å²) in [4.78, 5) is 22.1. The molecule has 0 saturated heterocycles. The Labute approximate surface area is 107 Å². The Morgan fingerprint density at radius 3 is 2.22 bits per heavy atom. The Bertz CT molecular complexity index is 308. The molecule has 0 aliphatic carbocycles. The maximum absolute atomic E-state index is 11.1. The van der Waals surface area contributed by atoms with E-state index in [1.807, 2.05) is 0 Å². The van der Waals surface area contributed by atoms with Crippen molar-refractivity contribution in [1.82, 2.24) is 0 Å². The predicted molar refractivity (Wildman–Crippen MR) is 63.9 cm³/mol. The summed E-state index contributed by atoms with van der Waals surface area (Å²) in [7, 11) is 0. The fraction of sp³-hybridized carbons (Fsp3) is 0.667. The van der Waals surface area contributed by atoms with Crippen molar-refractivity contribution in [2.45, 2.75) is 20.8 Å². The lowest BCUT2D eigenvalue weighted by Gasteiger charge is -2.20. The van der Waals surface area contributed by atoms with Crippen LogP contribution in [-0.2, 0) is 19.0 Å². The van der Waals surface area contributed by atoms with E-state index in [1.165, 1.54) is 6.92 Å². The number of carbonyl (C=O) groups excluding carboxylic acids is 2. The summed E-state index contributed by atoms with van der Waals surface area (Å²) in [5.41, 5.74) is -0.229. The van der Waals surface area contributed by atoms with Crippen molar-refractivity contribution in [2.24, 2.45) is 5.41 Å². The van der Waals surface area contributed by atoms with Crippen LogP contribution in [0.15, 0.2) is 12.2 Å². The van der Waals surface area contributed by atoms with Crippen molar-refractivity contribution in [3.63, 3.8) is 0 Å². The van der Waals surface area contributed by atoms with Gasteiger partial charge in [-0.2, -0.15) is 0 Å². The molecule has 0 aliphatic rings. The molecule has 0 aromatic rings. The van der Waals surface area contributed by atoms with Gasteiger partial charge >= 0.3 is 12.1 Å². The lowest BCUT2D eigenvalue weighted by atomic mass is 9.97. The first-order valence-electron chi connectivity index (χ1n) is 5.51. The van der Waals surface area contributed by atoms with Crippen molar-refractivity contribution < 1.29 is 28.9 Å². The Balaban J connectivity index is 3.66. The third kappa shape index (κ3) is 7.67. The standard InChI is InChI=1S/C12H20O6/c1-9(2)10(14)16-5-6-17-11(15)18-8-12(3,4)7-13/h13H,1,5-8H2,2-4H3. The Kier molecular flexibility index (Phi) is 7.04. The largest absolute Gasteiger partial charge is 0.508 e. The lowest BCUT2D eigenvalue weighted by molar-refractivity contribution is -0.140. The van der Waals surface area contributed by atoms with E-state index in [1.54, 1.807) is 13.8 Å². The van der Waals surface area contributed by atoms with Gasteiger partial charge in [0.1, 0.15) is 19.8 Å². The van der Waals surface area contributed by atoms with E-state index in [9.17, 15) is 9.59 Å². The Hall–Kier alpha value is -1.56. The molecule has 0 spiro atoms. The van der Waals surface area contributed by atoms with Crippen LogP contribution in [0.4, 0.5) is 4.79 Å². The molecule has 0 aliphatic heterocycles. The molecular weight excluding hydrogens is 240 g/mol. The average molecular weight is 260 g/mol. The number of ether oxygens (including phenoxy) is 3. The van der Waals surface area contributed by atoms with Gasteiger partial charge < -0.3 is 19.3 Å². The molecule has 0 unspecified atom stereocenters. The number of carbonyl (C=O) groups is 2. The maximum Gasteiger partial charge on any atom is 0.508 e. The van der Waals surface area contributed by atoms with E-state index >= 15 is 0 Å². The lowest BCUT2D eigenvalue weighted by Crippen LogP contribution is -2.26. The smallest absolute Gasteiger partial charge is 0.459 e. The van der Waals surface area contributed by atoms with Gasteiger partial charge in [0, 0.05) is 11.0 Å². The van der Waals surface area contributed by atoms with E-state index < -0.39 is 17.5 Å². The quantitative estimate of drug-likeness (QED) is 0.422. The number of aliphatic hydroxyl groups is 1. The van der Waals surface area contributed by atoms with Gasteiger partial charge in [-0.25, -0.2) is 9.59 Å². The van der Waals surface area contributed by atoms with Crippen LogP contribution in [0.25, 0.3) is 0 Å². The van der Waals surface area contributed by atoms with Gasteiger partial charge in [-0.05, 0) is 6.92 Å². The first-order valence-corrected chi connectivity index (χ1v) is 5.51. The monoisotopic (exact) mass is 260 g/mol. The summed E-state index contributed by atoms with van der Waals surface area (Å²) in [6, 6.07) is 0. The molecule has 0 saturated carbocycles. The molecule has 6 nitrogen and oxygen atoms in total. The van der Waals surface area contributed by atoms with Crippen molar-refractivity contribution in [1.29, 1.82) is 0 Å². The van der Waals surface area contributed by atoms with Crippen molar-refractivity contribution >= 4 is 12.1 Å². The van der Waals surface area contributed by atoms with Gasteiger partial charge in [0.15, 0.2) is 0 Å². The van der Waals surface area contributed by atoms with E-state index in [0.717, 1.165) is 0 Å². The van der Waals surface area contributed by atoms with E-state index in [2.05, 4.69) is 11.3 Å². The molecule has 6 heteroatoms. The van der Waals surface area contributed by atoms with Crippen LogP contribution >= 0.6 is 0 Å². The molecule has 0 radical (unpaired) electrons. The first-order chi connectivity index (χ1) is 8.28. The number of hydrogen-bond donors (Lipinski definition) is 1. The molecule has 104 valence electrons. The van der Waals surface area contributed by atoms with Crippen LogP contribution in [0.5, 0.6) is 0 Å². The number of hydrogen-bond acceptors (Lipinski definition) is 6. The minimum Gasteiger partial charge on any atom is -0.459 e. The molecule has 0 rings (SSSR count). The molecule has 0 bridgehead atoms. The second kappa shape index (κ2) is 7.71. The summed E-state index contributed by atoms with van der Waals surface area (Å²) < 4.78 is 14.1. The second-order valence-corrected chi connectivity index (χ2v) is 4.63. The van der Waals surface area contributed by atoms with E-state index in [-0.39, 0.29) is 32.0 Å². The van der Waals surface area contributed by atoms with E-state index in [4.69, 9.17) is 14.6 Å². The topological polar surface area (TPSA) is 82.1 Å². The van der Waals surface area contributed by atoms with Crippen molar-refractivity contribution in [3.05, 3.63) is 12.2 Å². The predicted octanol–water partition coefficient (Wildman–Crippen LogP) is 1.28. The van der Waals surface area contributed by atoms with Crippen LogP contribution in [-0.4, -0.2) is 43.7 Å². The highest BCUT2D eigenvalue weighted by atomic mass is 16.7. The van der Waals surface area contributed by atoms with Gasteiger partial charge in [-0.3, -0.25) is 0 Å². The summed E-state index contributed by atoms with van der Waals surface area (Å²) in [6.07, 6.45) is -0.858. The summed E-state index contributed by atoms with van der Waals surface area (Å²) in [6.45, 7) is 8.23. The molecule has 1 N–H and O–H groups in total. The van der Waals surface area contributed by atoms with Gasteiger partial charge in [0.05, 0.1) is 6.61 Å². The van der Waals surface area contributed by atoms with Gasteiger partial charge in [-0.15, -0.1) is 0 Å². The number of esters is 1. The molecule has 0 atom stereocenters. The second-order valence-electron chi connectivity index (χ2n) is 4.63. The molecule has 0 aromatic heterocycles. The highest BCUT2D eigenvalue weighted by Crippen LogP contribution is 2.13. The van der Waals surface area contributed by atoms with Crippen LogP contribution in [0.3, 0.4) is 0 Å². The first kappa shape index (κ1) is 16.4. The van der Waals surface area contributed by atoms with Gasteiger partial charge in [0.2, 0.25) is 0 Å². The minimum atomic E-state index is -0.858. The molecule has 0 fully saturated rings. The molecular formula is C12H20O6. The summed E-state index contributed by atoms with van der Waals surface area (Å²) >= 11 is 0. The maximum atomic E-state index is 11.1. The van der Waals surface area contributed by atoms with Crippen LogP contribution in [0, 0.1) is 5.41 Å². The van der Waals surface area contributed by atoms with Crippen molar-refractivity contribution in [2.75, 3.05) is 26.4 Å². The average Bonchev–Trinajstić information content (AvgIpc) is 2.31. The van der Waals surface area contributed by atoms with E-state index in [0.29, 0.717) is 0 Å². The fourth-order valence-corrected chi connectivity index (χ4v) is 0.724. The molecule has 0 amide bonds. The zero-order valence-electron chi connectivity index (χ0n) is 11.0. The fourth-order valence-electron chi connectivity index (χ4n) is 0.724. The molecule has 0 aromatic carbocycles. The third-order valence-corrected chi connectivity index (χ3v) is 1.89. The highest BCUT2D eigenvalue weighted by Gasteiger charge is 2.19. The van der Waals surface area contributed by atoms with Gasteiger partial charge in [-0.1, -0.05) is 20.4 Å². The van der Waals surface area contributed by atoms with Crippen LogP contribution in [0.1, 0.15) is 20.8 Å². The Morgan fingerprint density at radius 2 is 1.72 bits per heavy atom. The zero-order chi connectivity index (χ0) is 14.2. The van der Waals surface area contributed by atoms with Crippen LogP contribution < -0.4 is 0 Å². The summed E-state index contributed by atoms with van der Waals surface area (Å²) in [5.74, 6) is -0.534. The highest BCUT2D eigenvalue weighted by molar-refractivity contribution is 5.86. The molecule has 18 heavy (non-hydrogen) atoms. The zero-order valence-corrected chi connectivity index (χ0v) is 11.0. The normalized spacial score (nSPS) is 10.7. The van der Waals surface area contributed by atoms with Gasteiger partial charge in [0.25, 0.3) is 0 Å². The van der Waals surface area contributed by atoms with Crippen LogP contribution in [0.2, 0.25) is 0 Å². The minimum absolute atomic E-state index is 0.0495. The SMILES string of the molecule is C=C(C)C(=O)OCCOC(=O)OCC(C)(C)CO. The number of aliphatic hydroxyl groups excluding tert-OH is 1. The third-order valence-electron chi connectivity index (χ3n) is 1.89. The summed E-state index contributed by atoms with van der Waals surface area (Å²) in [5, 5.41) is 8.94. The Morgan fingerprint density at radius 1 is 1.17 bits per heavy atom. The molecule has 0 heterocycles. The number of rotatable bonds is 7.